The first kappa shape index (κ1) is 23.8. The number of nitrogens with one attached hydrogen (secondary N) is 2. The molecule has 5 heteroatoms. The number of rotatable bonds is 8. The summed E-state index contributed by atoms with van der Waals surface area (Å²) in [6, 6.07) is 29.5. The van der Waals surface area contributed by atoms with Gasteiger partial charge >= 0.3 is 0 Å². The SMILES string of the molecule is CCc1ccccc1NC(=O)c1ccc(Oc2ccc(C(=O)Nc3ccccc3CC)cc2)cc1. The maximum atomic E-state index is 12.6. The van der Waals surface area contributed by atoms with E-state index in [9.17, 15) is 9.59 Å². The Labute approximate surface area is 205 Å². The van der Waals surface area contributed by atoms with E-state index < -0.39 is 0 Å². The molecule has 2 amide bonds. The number of carbonyl (C=O) groups is 2. The van der Waals surface area contributed by atoms with Gasteiger partial charge in [-0.3, -0.25) is 9.59 Å². The van der Waals surface area contributed by atoms with Crippen LogP contribution in [0.25, 0.3) is 0 Å². The fraction of sp³-hybridized carbons (Fsp3) is 0.133. The first-order valence-electron chi connectivity index (χ1n) is 11.7. The molecule has 4 aromatic carbocycles. The molecule has 0 aromatic heterocycles. The number of hydrogen-bond acceptors (Lipinski definition) is 3. The molecule has 0 atom stereocenters. The average Bonchev–Trinajstić information content (AvgIpc) is 2.90. The van der Waals surface area contributed by atoms with Crippen LogP contribution < -0.4 is 15.4 Å². The molecule has 35 heavy (non-hydrogen) atoms. The van der Waals surface area contributed by atoms with Crippen LogP contribution >= 0.6 is 0 Å². The number of hydrogen-bond donors (Lipinski definition) is 2. The number of benzene rings is 4. The summed E-state index contributed by atoms with van der Waals surface area (Å²) in [5.41, 5.74) is 4.91. The Kier molecular flexibility index (Phi) is 7.58. The Hall–Kier alpha value is -4.38. The summed E-state index contributed by atoms with van der Waals surface area (Å²) in [4.78, 5) is 25.3. The lowest BCUT2D eigenvalue weighted by Crippen LogP contribution is -2.13. The van der Waals surface area contributed by atoms with Crippen molar-refractivity contribution in [2.24, 2.45) is 0 Å². The molecule has 0 radical (unpaired) electrons. The zero-order valence-electron chi connectivity index (χ0n) is 19.9. The van der Waals surface area contributed by atoms with Crippen molar-refractivity contribution in [3.05, 3.63) is 119 Å². The number of anilines is 2. The second kappa shape index (κ2) is 11.2. The zero-order chi connectivity index (χ0) is 24.6. The number of ether oxygens (including phenoxy) is 1. The van der Waals surface area contributed by atoms with Crippen molar-refractivity contribution in [3.8, 4) is 11.5 Å². The van der Waals surface area contributed by atoms with E-state index in [-0.39, 0.29) is 11.8 Å². The normalized spacial score (nSPS) is 10.5. The number of amides is 2. The maximum absolute atomic E-state index is 12.6. The van der Waals surface area contributed by atoms with Gasteiger partial charge in [-0.25, -0.2) is 0 Å². The quantitative estimate of drug-likeness (QED) is 0.292. The number of aryl methyl sites for hydroxylation is 2. The van der Waals surface area contributed by atoms with E-state index in [1.165, 1.54) is 0 Å². The minimum Gasteiger partial charge on any atom is -0.457 e. The fourth-order valence-electron chi connectivity index (χ4n) is 3.77. The molecule has 0 aliphatic rings. The van der Waals surface area contributed by atoms with Gasteiger partial charge in [-0.1, -0.05) is 50.2 Å². The van der Waals surface area contributed by atoms with E-state index in [4.69, 9.17) is 4.74 Å². The Balaban J connectivity index is 1.37. The third-order valence-electron chi connectivity index (χ3n) is 5.76. The van der Waals surface area contributed by atoms with Gasteiger partial charge < -0.3 is 15.4 Å². The van der Waals surface area contributed by atoms with Crippen molar-refractivity contribution in [1.29, 1.82) is 0 Å². The molecule has 0 fully saturated rings. The molecule has 0 unspecified atom stereocenters. The van der Waals surface area contributed by atoms with Crippen molar-refractivity contribution in [1.82, 2.24) is 0 Å². The highest BCUT2D eigenvalue weighted by molar-refractivity contribution is 6.05. The first-order valence-corrected chi connectivity index (χ1v) is 11.7. The van der Waals surface area contributed by atoms with Crippen LogP contribution in [0.2, 0.25) is 0 Å². The standard InChI is InChI=1S/C30H28N2O3/c1-3-21-9-5-7-11-27(21)31-29(33)23-13-17-25(18-14-23)35-26-19-15-24(16-20-26)30(34)32-28-12-8-6-10-22(28)4-2/h5-20H,3-4H2,1-2H3,(H,31,33)(H,32,34). The van der Waals surface area contributed by atoms with Crippen LogP contribution in [-0.2, 0) is 12.8 Å². The molecule has 0 bridgehead atoms. The largest absolute Gasteiger partial charge is 0.457 e. The molecule has 176 valence electrons. The average molecular weight is 465 g/mol. The van der Waals surface area contributed by atoms with Gasteiger partial charge in [0.1, 0.15) is 11.5 Å². The smallest absolute Gasteiger partial charge is 0.255 e. The van der Waals surface area contributed by atoms with Gasteiger partial charge in [0.05, 0.1) is 0 Å². The summed E-state index contributed by atoms with van der Waals surface area (Å²) >= 11 is 0. The van der Waals surface area contributed by atoms with Crippen LogP contribution in [0, 0.1) is 0 Å². The predicted molar refractivity (Wildman–Crippen MR) is 141 cm³/mol. The molecule has 0 heterocycles. The monoisotopic (exact) mass is 464 g/mol. The van der Waals surface area contributed by atoms with Gasteiger partial charge in [-0.2, -0.15) is 0 Å². The summed E-state index contributed by atoms with van der Waals surface area (Å²) < 4.78 is 5.89. The summed E-state index contributed by atoms with van der Waals surface area (Å²) in [6.07, 6.45) is 1.69. The second-order valence-electron chi connectivity index (χ2n) is 8.08. The van der Waals surface area contributed by atoms with Crippen LogP contribution in [0.1, 0.15) is 45.7 Å². The molecule has 4 aromatic rings. The number of carbonyl (C=O) groups excluding carboxylic acids is 2. The summed E-state index contributed by atoms with van der Waals surface area (Å²) in [5, 5.41) is 5.94. The van der Waals surface area contributed by atoms with Crippen LogP contribution in [-0.4, -0.2) is 11.8 Å². The fourth-order valence-corrected chi connectivity index (χ4v) is 3.77. The van der Waals surface area contributed by atoms with Crippen LogP contribution in [0.15, 0.2) is 97.1 Å². The van der Waals surface area contributed by atoms with E-state index in [1.807, 2.05) is 48.5 Å². The van der Waals surface area contributed by atoms with Crippen molar-refractivity contribution in [3.63, 3.8) is 0 Å². The summed E-state index contributed by atoms with van der Waals surface area (Å²) in [6.45, 7) is 4.11. The minimum atomic E-state index is -0.169. The van der Waals surface area contributed by atoms with Gasteiger partial charge in [-0.15, -0.1) is 0 Å². The van der Waals surface area contributed by atoms with Gasteiger partial charge in [0.25, 0.3) is 11.8 Å². The molecule has 0 aliphatic carbocycles. The van der Waals surface area contributed by atoms with E-state index in [1.54, 1.807) is 48.5 Å². The highest BCUT2D eigenvalue weighted by atomic mass is 16.5. The highest BCUT2D eigenvalue weighted by Crippen LogP contribution is 2.24. The van der Waals surface area contributed by atoms with E-state index >= 15 is 0 Å². The Morgan fingerprint density at radius 1 is 0.571 bits per heavy atom. The highest BCUT2D eigenvalue weighted by Gasteiger charge is 2.11. The predicted octanol–water partition coefficient (Wildman–Crippen LogP) is 7.11. The molecule has 0 aliphatic heterocycles. The van der Waals surface area contributed by atoms with Gasteiger partial charge in [0, 0.05) is 22.5 Å². The Morgan fingerprint density at radius 2 is 0.943 bits per heavy atom. The maximum Gasteiger partial charge on any atom is 0.255 e. The number of para-hydroxylation sites is 2. The molecule has 0 saturated heterocycles. The van der Waals surface area contributed by atoms with E-state index in [0.29, 0.717) is 22.6 Å². The molecule has 4 rings (SSSR count). The van der Waals surface area contributed by atoms with Crippen LogP contribution in [0.3, 0.4) is 0 Å². The minimum absolute atomic E-state index is 0.169. The Bertz CT molecular complexity index is 1210. The molecule has 0 saturated carbocycles. The molecule has 5 nitrogen and oxygen atoms in total. The van der Waals surface area contributed by atoms with Crippen molar-refractivity contribution < 1.29 is 14.3 Å². The lowest BCUT2D eigenvalue weighted by atomic mass is 10.1. The van der Waals surface area contributed by atoms with Crippen LogP contribution in [0.5, 0.6) is 11.5 Å². The van der Waals surface area contributed by atoms with Crippen LogP contribution in [0.4, 0.5) is 11.4 Å². The molecular formula is C30H28N2O3. The van der Waals surface area contributed by atoms with Gasteiger partial charge in [0.15, 0.2) is 0 Å². The van der Waals surface area contributed by atoms with Gasteiger partial charge in [0.2, 0.25) is 0 Å². The lowest BCUT2D eigenvalue weighted by molar-refractivity contribution is 0.101. The van der Waals surface area contributed by atoms with Crippen molar-refractivity contribution >= 4 is 23.2 Å². The third-order valence-corrected chi connectivity index (χ3v) is 5.76. The van der Waals surface area contributed by atoms with Crippen molar-refractivity contribution in [2.45, 2.75) is 26.7 Å². The summed E-state index contributed by atoms with van der Waals surface area (Å²) in [5.74, 6) is 0.865. The topological polar surface area (TPSA) is 67.4 Å². The lowest BCUT2D eigenvalue weighted by Gasteiger charge is -2.11. The summed E-state index contributed by atoms with van der Waals surface area (Å²) in [7, 11) is 0. The molecule has 0 spiro atoms. The third kappa shape index (κ3) is 5.95. The second-order valence-corrected chi connectivity index (χ2v) is 8.08. The molecule has 2 N–H and O–H groups in total. The molecular weight excluding hydrogens is 436 g/mol. The Morgan fingerprint density at radius 3 is 1.31 bits per heavy atom. The van der Waals surface area contributed by atoms with Crippen molar-refractivity contribution in [2.75, 3.05) is 10.6 Å². The van der Waals surface area contributed by atoms with E-state index in [0.717, 1.165) is 35.3 Å². The van der Waals surface area contributed by atoms with E-state index in [2.05, 4.69) is 24.5 Å². The zero-order valence-corrected chi connectivity index (χ0v) is 19.9. The first-order chi connectivity index (χ1) is 17.1. The van der Waals surface area contributed by atoms with Gasteiger partial charge in [-0.05, 0) is 84.6 Å².